The molecule has 4 heteroatoms. The summed E-state index contributed by atoms with van der Waals surface area (Å²) in [5, 5.41) is 0. The van der Waals surface area contributed by atoms with Crippen molar-refractivity contribution < 1.29 is 16.6 Å². The number of rotatable bonds is 25. The molecule has 188 valence electrons. The van der Waals surface area contributed by atoms with Crippen molar-refractivity contribution in [2.45, 2.75) is 148 Å². The van der Waals surface area contributed by atoms with Crippen molar-refractivity contribution >= 4 is 0 Å². The van der Waals surface area contributed by atoms with E-state index >= 15 is 0 Å². The fraction of sp³-hybridized carbons (Fsp3) is 1.00. The Kier molecular flexibility index (Phi) is 24.2. The van der Waals surface area contributed by atoms with Gasteiger partial charge in [0.2, 0.25) is 0 Å². The Balaban J connectivity index is 4.43. The fourth-order valence-electron chi connectivity index (χ4n) is 5.23. The van der Waals surface area contributed by atoms with Gasteiger partial charge in [0.1, 0.15) is 0 Å². The van der Waals surface area contributed by atoms with E-state index in [1.165, 1.54) is 116 Å². The van der Waals surface area contributed by atoms with Crippen molar-refractivity contribution in [2.75, 3.05) is 19.6 Å². The van der Waals surface area contributed by atoms with E-state index in [-0.39, 0.29) is 0 Å². The third-order valence-electron chi connectivity index (χ3n) is 7.61. The molecule has 0 radical (unpaired) electrons. The van der Waals surface area contributed by atoms with Gasteiger partial charge in [-0.3, -0.25) is 0 Å². The predicted molar refractivity (Wildman–Crippen MR) is 140 cm³/mol. The van der Waals surface area contributed by atoms with E-state index in [2.05, 4.69) is 13.8 Å². The normalized spacial score (nSPS) is 12.2. The van der Waals surface area contributed by atoms with Gasteiger partial charge in [-0.1, -0.05) is 0 Å². The van der Waals surface area contributed by atoms with Crippen LogP contribution in [0.2, 0.25) is 18.4 Å². The second kappa shape index (κ2) is 23.7. The van der Waals surface area contributed by atoms with Crippen LogP contribution in [-0.2, 0) is 16.6 Å². The molecule has 0 heterocycles. The van der Waals surface area contributed by atoms with Gasteiger partial charge in [0.25, 0.3) is 0 Å². The molecule has 0 aliphatic rings. The molecule has 31 heavy (non-hydrogen) atoms. The minimum absolute atomic E-state index is 0.865. The van der Waals surface area contributed by atoms with Crippen molar-refractivity contribution in [3.63, 3.8) is 0 Å². The van der Waals surface area contributed by atoms with Crippen LogP contribution in [0.1, 0.15) is 129 Å². The Labute approximate surface area is 200 Å². The average molecular weight is 476 g/mol. The van der Waals surface area contributed by atoms with Crippen molar-refractivity contribution in [1.82, 2.24) is 0 Å². The van der Waals surface area contributed by atoms with Crippen LogP contribution in [0.25, 0.3) is 0 Å². The third-order valence-corrected chi connectivity index (χ3v) is 17.8. The first-order chi connectivity index (χ1) is 15.1. The monoisotopic (exact) mass is 475 g/mol. The van der Waals surface area contributed by atoms with Crippen LogP contribution in [0.5, 0.6) is 0 Å². The second-order valence-electron chi connectivity index (χ2n) is 10.5. The molecular formula is C27H61N3Ti. The molecule has 0 aromatic carbocycles. The average Bonchev–Trinajstić information content (AvgIpc) is 2.76. The van der Waals surface area contributed by atoms with Crippen LogP contribution in [-0.4, -0.2) is 19.6 Å². The number of nitrogens with two attached hydrogens (primary N) is 3. The molecule has 3 nitrogen and oxygen atoms in total. The van der Waals surface area contributed by atoms with Gasteiger partial charge in [0, 0.05) is 0 Å². The quantitative estimate of drug-likeness (QED) is 0.0921. The first-order valence-electron chi connectivity index (χ1n) is 14.2. The van der Waals surface area contributed by atoms with Gasteiger partial charge < -0.3 is 0 Å². The van der Waals surface area contributed by atoms with Gasteiger partial charge in [-0.05, 0) is 0 Å². The van der Waals surface area contributed by atoms with E-state index in [0.29, 0.717) is 0 Å². The maximum absolute atomic E-state index is 5.64. The molecule has 0 fully saturated rings. The zero-order chi connectivity index (χ0) is 23.0. The zero-order valence-electron chi connectivity index (χ0n) is 21.8. The summed E-state index contributed by atoms with van der Waals surface area (Å²) in [6.45, 7) is 7.77. The molecule has 0 aromatic heterocycles. The summed E-state index contributed by atoms with van der Waals surface area (Å²) in [5.41, 5.74) is 16.9. The first-order valence-corrected chi connectivity index (χ1v) is 18.4. The van der Waals surface area contributed by atoms with E-state index in [9.17, 15) is 0 Å². The van der Waals surface area contributed by atoms with Crippen LogP contribution in [0, 0.1) is 0 Å². The Morgan fingerprint density at radius 2 is 0.613 bits per heavy atom. The minimum atomic E-state index is -1.77. The summed E-state index contributed by atoms with van der Waals surface area (Å²) in [4.78, 5) is 0. The van der Waals surface area contributed by atoms with Gasteiger partial charge in [0.05, 0.1) is 0 Å². The van der Waals surface area contributed by atoms with Gasteiger partial charge >= 0.3 is 201 Å². The van der Waals surface area contributed by atoms with Crippen molar-refractivity contribution in [3.8, 4) is 0 Å². The van der Waals surface area contributed by atoms with Crippen LogP contribution >= 0.6 is 0 Å². The number of hydrogen-bond acceptors (Lipinski definition) is 3. The maximum atomic E-state index is 5.64. The van der Waals surface area contributed by atoms with E-state index < -0.39 is 16.6 Å². The van der Waals surface area contributed by atoms with E-state index in [1.54, 1.807) is 14.2 Å². The zero-order valence-corrected chi connectivity index (χ0v) is 23.3. The standard InChI is InChI=1S/3C8H18N.C3H7.Ti/c3*1-2-3-4-5-6-7-8-9;1-3-2;/h3*1-9H2;3H,1-2H3;. The molecule has 0 unspecified atom stereocenters. The SMILES string of the molecule is C[CH](C)[Ti]([CH2]CCCCCCCN)([CH2]CCCCCCCN)[CH2]CCCCCCCN. The number of hydrogen-bond donors (Lipinski definition) is 3. The van der Waals surface area contributed by atoms with Crippen molar-refractivity contribution in [3.05, 3.63) is 0 Å². The van der Waals surface area contributed by atoms with Crippen LogP contribution in [0.3, 0.4) is 0 Å². The summed E-state index contributed by atoms with van der Waals surface area (Å²) in [6, 6.07) is 0. The van der Waals surface area contributed by atoms with Crippen molar-refractivity contribution in [1.29, 1.82) is 0 Å². The molecular weight excluding hydrogens is 414 g/mol. The molecule has 0 aliphatic carbocycles. The number of unbranched alkanes of at least 4 members (excludes halogenated alkanes) is 15. The summed E-state index contributed by atoms with van der Waals surface area (Å²) >= 11 is -1.77. The fourth-order valence-corrected chi connectivity index (χ4v) is 13.6. The Morgan fingerprint density at radius 1 is 0.387 bits per heavy atom. The summed E-state index contributed by atoms with van der Waals surface area (Å²) in [7, 11) is 0. The van der Waals surface area contributed by atoms with Crippen molar-refractivity contribution in [2.24, 2.45) is 17.2 Å². The Bertz CT molecular complexity index is 304. The van der Waals surface area contributed by atoms with Gasteiger partial charge in [0.15, 0.2) is 0 Å². The van der Waals surface area contributed by atoms with Crippen LogP contribution in [0.15, 0.2) is 0 Å². The molecule has 0 aromatic rings. The second-order valence-corrected chi connectivity index (χ2v) is 18.9. The van der Waals surface area contributed by atoms with Gasteiger partial charge in [-0.15, -0.1) is 0 Å². The molecule has 0 bridgehead atoms. The summed E-state index contributed by atoms with van der Waals surface area (Å²) in [5.74, 6) is 0. The third kappa shape index (κ3) is 18.7. The molecule has 0 atom stereocenters. The van der Waals surface area contributed by atoms with Gasteiger partial charge in [-0.2, -0.15) is 0 Å². The molecule has 0 spiro atoms. The predicted octanol–water partition coefficient (Wildman–Crippen LogP) is 8.12. The molecule has 0 amide bonds. The molecule has 0 aliphatic heterocycles. The van der Waals surface area contributed by atoms with Crippen LogP contribution in [0.4, 0.5) is 0 Å². The topological polar surface area (TPSA) is 78.1 Å². The molecule has 0 saturated carbocycles. The summed E-state index contributed by atoms with van der Waals surface area (Å²) < 4.78 is 5.89. The molecule has 0 saturated heterocycles. The Hall–Kier alpha value is 0.594. The van der Waals surface area contributed by atoms with E-state index in [1.807, 2.05) is 0 Å². The summed E-state index contributed by atoms with van der Waals surface area (Å²) in [6.07, 6.45) is 25.0. The molecule has 6 N–H and O–H groups in total. The van der Waals surface area contributed by atoms with Crippen LogP contribution < -0.4 is 17.2 Å². The van der Waals surface area contributed by atoms with Gasteiger partial charge in [-0.25, -0.2) is 0 Å². The van der Waals surface area contributed by atoms with E-state index in [0.717, 1.165) is 23.9 Å². The first kappa shape index (κ1) is 31.6. The van der Waals surface area contributed by atoms with E-state index in [4.69, 9.17) is 17.2 Å². The molecule has 0 rings (SSSR count). The Morgan fingerprint density at radius 3 is 0.839 bits per heavy atom.